The lowest BCUT2D eigenvalue weighted by Gasteiger charge is -2.21. The third kappa shape index (κ3) is 11.6. The number of carbonyl (C=O) groups excluding carboxylic acids is 4. The molecule has 10 heteroatoms. The van der Waals surface area contributed by atoms with Crippen molar-refractivity contribution >= 4 is 29.4 Å². The number of hydrogen-bond acceptors (Lipinski definition) is 7. The number of amides is 2. The van der Waals surface area contributed by atoms with Crippen molar-refractivity contribution in [2.45, 2.75) is 77.3 Å². The summed E-state index contributed by atoms with van der Waals surface area (Å²) in [6.45, 7) is 3.77. The molecule has 172 valence electrons. The fourth-order valence-electron chi connectivity index (χ4n) is 2.80. The fraction of sp³-hybridized carbons (Fsp3) is 0.750. The van der Waals surface area contributed by atoms with Crippen LogP contribution in [0.4, 0.5) is 0 Å². The van der Waals surface area contributed by atoms with Crippen LogP contribution in [0, 0.1) is 5.92 Å². The number of ketones is 2. The number of aliphatic carboxylic acids is 1. The van der Waals surface area contributed by atoms with E-state index < -0.39 is 41.6 Å². The molecular formula is C20H36N4O6. The van der Waals surface area contributed by atoms with Crippen LogP contribution in [-0.2, 0) is 24.0 Å². The van der Waals surface area contributed by atoms with E-state index in [9.17, 15) is 24.0 Å². The molecule has 0 aliphatic heterocycles. The molecule has 0 heterocycles. The van der Waals surface area contributed by atoms with Crippen molar-refractivity contribution in [1.29, 1.82) is 0 Å². The molecule has 0 fully saturated rings. The first-order valence-electron chi connectivity index (χ1n) is 10.4. The van der Waals surface area contributed by atoms with E-state index >= 15 is 0 Å². The van der Waals surface area contributed by atoms with Gasteiger partial charge in [-0.1, -0.05) is 6.92 Å². The van der Waals surface area contributed by atoms with Gasteiger partial charge >= 0.3 is 5.97 Å². The van der Waals surface area contributed by atoms with Crippen LogP contribution >= 0.6 is 0 Å². The summed E-state index contributed by atoms with van der Waals surface area (Å²) in [6, 6.07) is -1.85. The van der Waals surface area contributed by atoms with Gasteiger partial charge in [-0.2, -0.15) is 0 Å². The highest BCUT2D eigenvalue weighted by Crippen LogP contribution is 2.09. The number of hydrogen-bond donors (Lipinski definition) is 5. The molecule has 0 saturated carbocycles. The zero-order chi connectivity index (χ0) is 23.1. The predicted molar refractivity (Wildman–Crippen MR) is 111 cm³/mol. The number of unbranched alkanes of at least 4 members (excludes halogenated alkanes) is 2. The molecule has 0 aromatic rings. The Labute approximate surface area is 177 Å². The van der Waals surface area contributed by atoms with Crippen molar-refractivity contribution < 1.29 is 29.1 Å². The molecule has 3 atom stereocenters. The first-order chi connectivity index (χ1) is 14.1. The van der Waals surface area contributed by atoms with Gasteiger partial charge in [-0.3, -0.25) is 24.0 Å². The standard InChI is InChI=1S/C20H36N4O6/c1-13(9-10-17(26)27)19(29)24-16(8-4-6-12-22)18(28)20(30)23-15(14(2)25)7-3-5-11-21/h13,15-16H,3-12,21-22H2,1-2H3,(H,23,30)(H,24,29)(H,26,27). The SMILES string of the molecule is CC(=O)C(CCCCN)NC(=O)C(=O)C(CCCCN)NC(=O)C(C)CCC(=O)O. The Hall–Kier alpha value is -2.33. The van der Waals surface area contributed by atoms with Gasteiger partial charge in [0.2, 0.25) is 11.7 Å². The lowest BCUT2D eigenvalue weighted by atomic mass is 10.00. The van der Waals surface area contributed by atoms with E-state index in [2.05, 4.69) is 10.6 Å². The molecule has 0 aromatic carbocycles. The zero-order valence-electron chi connectivity index (χ0n) is 17.9. The summed E-state index contributed by atoms with van der Waals surface area (Å²) in [5.74, 6) is -4.18. The number of nitrogens with one attached hydrogen (secondary N) is 2. The van der Waals surface area contributed by atoms with Crippen LogP contribution in [0.5, 0.6) is 0 Å². The summed E-state index contributed by atoms with van der Waals surface area (Å²) in [5, 5.41) is 13.8. The van der Waals surface area contributed by atoms with Gasteiger partial charge in [0, 0.05) is 12.3 Å². The summed E-state index contributed by atoms with van der Waals surface area (Å²) in [4.78, 5) is 59.9. The van der Waals surface area contributed by atoms with Gasteiger partial charge in [-0.15, -0.1) is 0 Å². The van der Waals surface area contributed by atoms with E-state index in [0.717, 1.165) is 0 Å². The van der Waals surface area contributed by atoms with Crippen LogP contribution < -0.4 is 22.1 Å². The maximum absolute atomic E-state index is 12.7. The monoisotopic (exact) mass is 428 g/mol. The first-order valence-corrected chi connectivity index (χ1v) is 10.4. The molecule has 7 N–H and O–H groups in total. The molecule has 0 aromatic heterocycles. The van der Waals surface area contributed by atoms with Gasteiger partial charge in [0.05, 0.1) is 12.1 Å². The van der Waals surface area contributed by atoms with E-state index in [1.165, 1.54) is 6.92 Å². The number of nitrogens with two attached hydrogens (primary N) is 2. The number of Topliss-reactive ketones (excluding diaryl/α,β-unsaturated/α-hetero) is 2. The molecule has 10 nitrogen and oxygen atoms in total. The molecule has 0 aliphatic carbocycles. The van der Waals surface area contributed by atoms with Crippen LogP contribution in [0.1, 0.15) is 65.2 Å². The van der Waals surface area contributed by atoms with E-state index in [4.69, 9.17) is 16.6 Å². The van der Waals surface area contributed by atoms with Crippen LogP contribution in [0.25, 0.3) is 0 Å². The Bertz CT molecular complexity index is 596. The van der Waals surface area contributed by atoms with Gasteiger partial charge in [0.1, 0.15) is 0 Å². The van der Waals surface area contributed by atoms with E-state index in [1.807, 2.05) is 0 Å². The molecule has 3 unspecified atom stereocenters. The second-order valence-corrected chi connectivity index (χ2v) is 7.46. The second kappa shape index (κ2) is 15.5. The zero-order valence-corrected chi connectivity index (χ0v) is 17.9. The van der Waals surface area contributed by atoms with Crippen molar-refractivity contribution in [3.05, 3.63) is 0 Å². The third-order valence-electron chi connectivity index (χ3n) is 4.79. The Balaban J connectivity index is 5.08. The Morgan fingerprint density at radius 2 is 1.37 bits per heavy atom. The number of carboxylic acids is 1. The summed E-state index contributed by atoms with van der Waals surface area (Å²) in [6.07, 6.45) is 3.00. The van der Waals surface area contributed by atoms with Gasteiger partial charge in [-0.05, 0) is 65.0 Å². The minimum absolute atomic E-state index is 0.116. The number of carboxylic acid groups (broad SMARTS) is 1. The van der Waals surface area contributed by atoms with E-state index in [-0.39, 0.29) is 25.0 Å². The quantitative estimate of drug-likeness (QED) is 0.157. The number of rotatable bonds is 17. The lowest BCUT2D eigenvalue weighted by molar-refractivity contribution is -0.141. The minimum Gasteiger partial charge on any atom is -0.481 e. The maximum Gasteiger partial charge on any atom is 0.303 e. The molecule has 0 rings (SSSR count). The normalized spacial score (nSPS) is 13.7. The van der Waals surface area contributed by atoms with Gasteiger partial charge < -0.3 is 27.2 Å². The molecule has 30 heavy (non-hydrogen) atoms. The average Bonchev–Trinajstić information content (AvgIpc) is 2.69. The van der Waals surface area contributed by atoms with Gasteiger partial charge in [0.15, 0.2) is 5.78 Å². The summed E-state index contributed by atoms with van der Waals surface area (Å²) in [7, 11) is 0. The van der Waals surface area contributed by atoms with Crippen molar-refractivity contribution in [2.75, 3.05) is 13.1 Å². The molecule has 0 saturated heterocycles. The Morgan fingerprint density at radius 3 is 1.83 bits per heavy atom. The highest BCUT2D eigenvalue weighted by atomic mass is 16.4. The second-order valence-electron chi connectivity index (χ2n) is 7.46. The molecule has 2 amide bonds. The van der Waals surface area contributed by atoms with Gasteiger partial charge in [0.25, 0.3) is 5.91 Å². The summed E-state index contributed by atoms with van der Waals surface area (Å²) in [5.41, 5.74) is 10.9. The predicted octanol–water partition coefficient (Wildman–Crippen LogP) is -0.127. The maximum atomic E-state index is 12.7. The first kappa shape index (κ1) is 27.7. The van der Waals surface area contributed by atoms with Crippen LogP contribution in [0.2, 0.25) is 0 Å². The topological polar surface area (TPSA) is 182 Å². The number of carbonyl (C=O) groups is 5. The fourth-order valence-corrected chi connectivity index (χ4v) is 2.80. The highest BCUT2D eigenvalue weighted by Gasteiger charge is 2.30. The third-order valence-corrected chi connectivity index (χ3v) is 4.79. The Morgan fingerprint density at radius 1 is 0.833 bits per heavy atom. The molecule has 0 spiro atoms. The van der Waals surface area contributed by atoms with E-state index in [1.54, 1.807) is 6.92 Å². The largest absolute Gasteiger partial charge is 0.481 e. The summed E-state index contributed by atoms with van der Waals surface area (Å²) >= 11 is 0. The average molecular weight is 429 g/mol. The molecule has 0 aliphatic rings. The van der Waals surface area contributed by atoms with Crippen molar-refractivity contribution in [3.63, 3.8) is 0 Å². The van der Waals surface area contributed by atoms with Crippen molar-refractivity contribution in [1.82, 2.24) is 10.6 Å². The minimum atomic E-state index is -1.06. The van der Waals surface area contributed by atoms with Crippen molar-refractivity contribution in [3.8, 4) is 0 Å². The van der Waals surface area contributed by atoms with Crippen LogP contribution in [-0.4, -0.2) is 59.6 Å². The van der Waals surface area contributed by atoms with Crippen LogP contribution in [0.15, 0.2) is 0 Å². The highest BCUT2D eigenvalue weighted by molar-refractivity contribution is 6.38. The van der Waals surface area contributed by atoms with Crippen molar-refractivity contribution in [2.24, 2.45) is 17.4 Å². The molecule has 0 radical (unpaired) electrons. The molecular weight excluding hydrogens is 392 g/mol. The smallest absolute Gasteiger partial charge is 0.303 e. The van der Waals surface area contributed by atoms with Crippen LogP contribution in [0.3, 0.4) is 0 Å². The Kier molecular flexibility index (Phi) is 14.3. The summed E-state index contributed by atoms with van der Waals surface area (Å²) < 4.78 is 0. The van der Waals surface area contributed by atoms with E-state index in [0.29, 0.717) is 45.2 Å². The van der Waals surface area contributed by atoms with Gasteiger partial charge in [-0.25, -0.2) is 0 Å². The lowest BCUT2D eigenvalue weighted by Crippen LogP contribution is -2.51. The molecule has 0 bridgehead atoms.